The lowest BCUT2D eigenvalue weighted by Gasteiger charge is -2.42. The summed E-state index contributed by atoms with van der Waals surface area (Å²) in [6.45, 7) is 0. The molecule has 0 saturated heterocycles. The number of hydrogen-bond acceptors (Lipinski definition) is 2. The normalized spacial score (nSPS) is 18.5. The van der Waals surface area contributed by atoms with E-state index < -0.39 is 57.1 Å². The van der Waals surface area contributed by atoms with Gasteiger partial charge in [-0.15, -0.1) is 0 Å². The van der Waals surface area contributed by atoms with Crippen LogP contribution in [0.25, 0.3) is 0 Å². The number of rotatable bonds is 8. The number of hydrogen-bond donors (Lipinski definition) is 1. The fourth-order valence-electron chi connectivity index (χ4n) is 3.17. The SMILES string of the molecule is C[N+](C)(C)C1CCCCC1.O=S(=O)(O)C(F)(F)C(F)(F)C(F)(F)C(F)(F)C(F)(F)C(F)(F)C(F)(F)C(F)(F)F. The molecule has 0 aromatic carbocycles. The Labute approximate surface area is 209 Å². The summed E-state index contributed by atoms with van der Waals surface area (Å²) in [6.07, 6.45) is -0.601. The van der Waals surface area contributed by atoms with Crippen molar-refractivity contribution in [2.75, 3.05) is 21.1 Å². The molecule has 0 aromatic heterocycles. The van der Waals surface area contributed by atoms with Gasteiger partial charge in [0.2, 0.25) is 0 Å². The summed E-state index contributed by atoms with van der Waals surface area (Å²) >= 11 is 0. The van der Waals surface area contributed by atoms with Gasteiger partial charge in [-0.25, -0.2) is 0 Å². The maximum atomic E-state index is 13.0. The maximum absolute atomic E-state index is 13.0. The standard InChI is InChI=1S/C9H20N.C8HF17O3S/c1-10(2,3)9-7-5-4-6-8-9;9-1(10,3(13,14)5(17,18)7(21,22)23)2(11,12)4(15,16)6(19,20)8(24,25)29(26,27)28/h9H,4-8H2,1-3H3;(H,26,27,28)/q+1;. The second-order valence-corrected chi connectivity index (χ2v) is 10.8. The smallest absolute Gasteiger partial charge is 0.328 e. The van der Waals surface area contributed by atoms with E-state index >= 15 is 0 Å². The Morgan fingerprint density at radius 2 is 0.821 bits per heavy atom. The van der Waals surface area contributed by atoms with Gasteiger partial charge >= 0.3 is 57.1 Å². The van der Waals surface area contributed by atoms with Crippen molar-refractivity contribution in [2.45, 2.75) is 85.1 Å². The van der Waals surface area contributed by atoms with Gasteiger partial charge in [-0.3, -0.25) is 4.55 Å². The van der Waals surface area contributed by atoms with E-state index in [2.05, 4.69) is 21.1 Å². The maximum Gasteiger partial charge on any atom is 0.460 e. The second kappa shape index (κ2) is 10.5. The van der Waals surface area contributed by atoms with Gasteiger partial charge in [0.05, 0.1) is 27.2 Å². The summed E-state index contributed by atoms with van der Waals surface area (Å²) in [4.78, 5) is 0. The zero-order valence-electron chi connectivity index (χ0n) is 19.7. The average molecular weight is 642 g/mol. The zero-order valence-corrected chi connectivity index (χ0v) is 20.5. The molecule has 236 valence electrons. The zero-order chi connectivity index (χ0) is 32.1. The van der Waals surface area contributed by atoms with Crippen molar-refractivity contribution >= 4 is 10.1 Å². The highest BCUT2D eigenvalue weighted by Crippen LogP contribution is 2.64. The lowest BCUT2D eigenvalue weighted by atomic mass is 9.91. The van der Waals surface area contributed by atoms with Gasteiger partial charge in [0, 0.05) is 0 Å². The monoisotopic (exact) mass is 642 g/mol. The molecule has 0 aliphatic heterocycles. The lowest BCUT2D eigenvalue weighted by Crippen LogP contribution is -2.74. The van der Waals surface area contributed by atoms with Gasteiger partial charge in [0.15, 0.2) is 0 Å². The van der Waals surface area contributed by atoms with Crippen molar-refractivity contribution < 1.29 is 92.1 Å². The molecule has 1 rings (SSSR count). The van der Waals surface area contributed by atoms with E-state index in [1.165, 1.54) is 36.6 Å². The van der Waals surface area contributed by atoms with E-state index in [9.17, 15) is 83.1 Å². The van der Waals surface area contributed by atoms with Gasteiger partial charge in [0.1, 0.15) is 0 Å². The van der Waals surface area contributed by atoms with Crippen molar-refractivity contribution in [3.05, 3.63) is 0 Å². The Balaban J connectivity index is 0.00000120. The third kappa shape index (κ3) is 6.15. The molecule has 0 aromatic rings. The Hall–Kier alpha value is -1.32. The molecule has 0 spiro atoms. The average Bonchev–Trinajstić information content (AvgIpc) is 2.71. The first-order chi connectivity index (χ1) is 16.6. The van der Waals surface area contributed by atoms with Crippen LogP contribution in [0, 0.1) is 0 Å². The molecule has 0 unspecified atom stereocenters. The van der Waals surface area contributed by atoms with E-state index in [4.69, 9.17) is 4.55 Å². The van der Waals surface area contributed by atoms with Gasteiger partial charge in [-0.1, -0.05) is 6.42 Å². The highest BCUT2D eigenvalue weighted by Gasteiger charge is 2.96. The molecule has 1 saturated carbocycles. The van der Waals surface area contributed by atoms with Crippen molar-refractivity contribution in [3.8, 4) is 0 Å². The first-order valence-corrected chi connectivity index (χ1v) is 11.5. The number of nitrogens with zero attached hydrogens (tertiary/aromatic N) is 1. The van der Waals surface area contributed by atoms with E-state index in [-0.39, 0.29) is 0 Å². The van der Waals surface area contributed by atoms with E-state index in [0.29, 0.717) is 0 Å². The molecule has 1 fully saturated rings. The third-order valence-corrected chi connectivity index (χ3v) is 6.59. The number of alkyl halides is 17. The molecule has 22 heteroatoms. The largest absolute Gasteiger partial charge is 0.460 e. The predicted molar refractivity (Wildman–Crippen MR) is 97.1 cm³/mol. The molecule has 0 amide bonds. The minimum absolute atomic E-state index is 0.939. The number of quaternary nitrogens is 1. The van der Waals surface area contributed by atoms with Crippen LogP contribution in [-0.4, -0.2) is 91.6 Å². The molecular weight excluding hydrogens is 621 g/mol. The van der Waals surface area contributed by atoms with Crippen LogP contribution >= 0.6 is 0 Å². The number of halogens is 17. The molecule has 1 aliphatic carbocycles. The minimum Gasteiger partial charge on any atom is -0.328 e. The molecule has 0 heterocycles. The molecule has 1 aliphatic rings. The Bertz CT molecular complexity index is 948. The van der Waals surface area contributed by atoms with Gasteiger partial charge < -0.3 is 4.48 Å². The molecule has 0 radical (unpaired) electrons. The van der Waals surface area contributed by atoms with Gasteiger partial charge in [-0.05, 0) is 25.7 Å². The molecule has 39 heavy (non-hydrogen) atoms. The minimum atomic E-state index is -8.89. The second-order valence-electron chi connectivity index (χ2n) is 9.34. The van der Waals surface area contributed by atoms with Crippen molar-refractivity contribution in [1.82, 2.24) is 0 Å². The fourth-order valence-corrected chi connectivity index (χ4v) is 3.62. The summed E-state index contributed by atoms with van der Waals surface area (Å²) in [5, 5.41) is -7.84. The Morgan fingerprint density at radius 1 is 0.538 bits per heavy atom. The third-order valence-electron chi connectivity index (χ3n) is 5.69. The van der Waals surface area contributed by atoms with Crippen LogP contribution in [0.2, 0.25) is 0 Å². The van der Waals surface area contributed by atoms with E-state index in [0.717, 1.165) is 6.04 Å². The van der Waals surface area contributed by atoms with E-state index in [1.807, 2.05) is 0 Å². The van der Waals surface area contributed by atoms with Crippen molar-refractivity contribution in [3.63, 3.8) is 0 Å². The predicted octanol–water partition coefficient (Wildman–Crippen LogP) is 6.87. The first-order valence-electron chi connectivity index (χ1n) is 10.1. The van der Waals surface area contributed by atoms with Crippen LogP contribution in [0.5, 0.6) is 0 Å². The summed E-state index contributed by atoms with van der Waals surface area (Å²) in [7, 11) is -0.947. The molecule has 4 nitrogen and oxygen atoms in total. The summed E-state index contributed by atoms with van der Waals surface area (Å²) in [6, 6.07) is 0.939. The first kappa shape index (κ1) is 37.7. The molecular formula is C17H21F17NO3S+. The fraction of sp³-hybridized carbons (Fsp3) is 1.00. The van der Waals surface area contributed by atoms with Crippen LogP contribution in [0.4, 0.5) is 74.6 Å². The molecule has 0 atom stereocenters. The lowest BCUT2D eigenvalue weighted by molar-refractivity contribution is -0.897. The quantitative estimate of drug-likeness (QED) is 0.179. The van der Waals surface area contributed by atoms with Gasteiger partial charge in [-0.2, -0.15) is 83.1 Å². The van der Waals surface area contributed by atoms with E-state index in [1.54, 1.807) is 0 Å². The Kier molecular flexibility index (Phi) is 10.1. The van der Waals surface area contributed by atoms with Crippen LogP contribution < -0.4 is 0 Å². The summed E-state index contributed by atoms with van der Waals surface area (Å²) in [5.74, 6) is -52.0. The summed E-state index contributed by atoms with van der Waals surface area (Å²) < 4.78 is 244. The van der Waals surface area contributed by atoms with Crippen molar-refractivity contribution in [2.24, 2.45) is 0 Å². The van der Waals surface area contributed by atoms with Crippen molar-refractivity contribution in [1.29, 1.82) is 0 Å². The Morgan fingerprint density at radius 3 is 1.05 bits per heavy atom. The van der Waals surface area contributed by atoms with Gasteiger partial charge in [0.25, 0.3) is 0 Å². The summed E-state index contributed by atoms with van der Waals surface area (Å²) in [5.41, 5.74) is 0. The molecule has 0 bridgehead atoms. The van der Waals surface area contributed by atoms with Crippen LogP contribution in [0.3, 0.4) is 0 Å². The van der Waals surface area contributed by atoms with Crippen LogP contribution in [-0.2, 0) is 10.1 Å². The molecule has 1 N–H and O–H groups in total. The highest BCUT2D eigenvalue weighted by molar-refractivity contribution is 7.87. The van der Waals surface area contributed by atoms with Crippen LogP contribution in [0.1, 0.15) is 32.1 Å². The van der Waals surface area contributed by atoms with Crippen LogP contribution in [0.15, 0.2) is 0 Å². The highest BCUT2D eigenvalue weighted by atomic mass is 32.2. The topological polar surface area (TPSA) is 54.4 Å².